The number of hydrogen-bond acceptors (Lipinski definition) is 1. The summed E-state index contributed by atoms with van der Waals surface area (Å²) in [5, 5.41) is 9.72. The summed E-state index contributed by atoms with van der Waals surface area (Å²) in [5.74, 6) is 0. The zero-order valence-corrected chi connectivity index (χ0v) is 5.48. The first-order chi connectivity index (χ1) is 1.41. The summed E-state index contributed by atoms with van der Waals surface area (Å²) in [7, 11) is 0. The van der Waals surface area contributed by atoms with Gasteiger partial charge in [-0.05, 0) is 0 Å². The minimum Gasteiger partial charge on any atom is -0.539 e. The quantitative estimate of drug-likeness (QED) is 0.178. The van der Waals surface area contributed by atoms with Crippen molar-refractivity contribution in [3.8, 4) is 0 Å². The zero-order valence-electron chi connectivity index (χ0n) is 2.36. The fourth-order valence-corrected chi connectivity index (χ4v) is 0. The van der Waals surface area contributed by atoms with Crippen molar-refractivity contribution in [3.63, 3.8) is 0 Å². The van der Waals surface area contributed by atoms with E-state index in [2.05, 4.69) is 0 Å². The summed E-state index contributed by atoms with van der Waals surface area (Å²) in [6, 6.07) is 0. The van der Waals surface area contributed by atoms with Crippen molar-refractivity contribution >= 4 is 0 Å². The Bertz CT molecular complexity index is 29.5. The van der Waals surface area contributed by atoms with Gasteiger partial charge in [-0.25, -0.2) is 6.57 Å². The molecule has 0 atom stereocenters. The molecule has 0 fully saturated rings. The Kier molecular flexibility index (Phi) is 20.1. The van der Waals surface area contributed by atoms with E-state index in [0.717, 1.165) is 0 Å². The molecule has 0 spiro atoms. The van der Waals surface area contributed by atoms with Gasteiger partial charge in [0.05, 0.1) is 0 Å². The van der Waals surface area contributed by atoms with Crippen LogP contribution in [0.25, 0.3) is 5.01 Å². The van der Waals surface area contributed by atoms with E-state index in [0.29, 0.717) is 0 Å². The van der Waals surface area contributed by atoms with Crippen LogP contribution in [0, 0.1) is 11.8 Å². The average Bonchev–Trinajstić information content (AvgIpc) is 0.918. The Morgan fingerprint density at radius 3 is 1.75 bits per heavy atom. The summed E-state index contributed by atoms with van der Waals surface area (Å²) < 4.78 is 0. The van der Waals surface area contributed by atoms with E-state index in [9.17, 15) is 0 Å². The largest absolute Gasteiger partial charge is 1.00 e. The fraction of sp³-hybridized carbons (Fsp3) is 0. The second kappa shape index (κ2) is 9.06. The van der Waals surface area contributed by atoms with Crippen LogP contribution in [0.2, 0.25) is 0 Å². The number of nitrogens with zero attached hydrogens (tertiary/aromatic N) is 1. The molecule has 0 saturated carbocycles. The topological polar surface area (TPSA) is 27.4 Å². The normalized spacial score (nSPS) is 1.75. The first-order valence-corrected chi connectivity index (χ1v) is 0.406. The van der Waals surface area contributed by atoms with E-state index in [1.807, 2.05) is 0 Å². The maximum absolute atomic E-state index is 8.22. The van der Waals surface area contributed by atoms with Crippen LogP contribution in [-0.2, 0) is 0 Å². The average molecular weight is 81.1 g/mol. The predicted molar refractivity (Wildman–Crippen MR) is 9.97 cm³/mol. The van der Waals surface area contributed by atoms with Gasteiger partial charge in [0.2, 0.25) is 0 Å². The minimum absolute atomic E-state index is 0. The van der Waals surface area contributed by atoms with Gasteiger partial charge < -0.3 is 5.21 Å². The monoisotopic (exact) mass is 81.0 g/mol. The van der Waals surface area contributed by atoms with Gasteiger partial charge in [0.25, 0.3) is 0 Å². The van der Waals surface area contributed by atoms with E-state index in [1.165, 1.54) is 5.01 Å². The van der Waals surface area contributed by atoms with Crippen molar-refractivity contribution in [1.29, 1.82) is 0 Å². The number of hydrogen-bond donors (Lipinski definition) is 0. The van der Waals surface area contributed by atoms with E-state index < -0.39 is 0 Å². The van der Waals surface area contributed by atoms with Crippen LogP contribution >= 0.6 is 0 Å². The third kappa shape index (κ3) is 12.7. The van der Waals surface area contributed by atoms with Crippen LogP contribution in [0.3, 0.4) is 0 Å². The van der Waals surface area contributed by atoms with Crippen molar-refractivity contribution in [2.45, 2.75) is 0 Å². The molecule has 0 radical (unpaired) electrons. The van der Waals surface area contributed by atoms with Gasteiger partial charge in [-0.2, -0.15) is 0 Å². The van der Waals surface area contributed by atoms with Crippen LogP contribution in [0.4, 0.5) is 0 Å². The molecule has 2 nitrogen and oxygen atoms in total. The van der Waals surface area contributed by atoms with Crippen molar-refractivity contribution in [1.82, 2.24) is 0 Å². The van der Waals surface area contributed by atoms with E-state index in [-0.39, 0.29) is 51.4 Å². The van der Waals surface area contributed by atoms with E-state index >= 15 is 0 Å². The SMILES string of the molecule is [C-]#[N+][O-].[K+]. The van der Waals surface area contributed by atoms with Crippen LogP contribution in [0.1, 0.15) is 0 Å². The van der Waals surface area contributed by atoms with Crippen molar-refractivity contribution in [3.05, 3.63) is 16.8 Å². The second-order valence-electron chi connectivity index (χ2n) is 0.0913. The molecule has 0 amide bonds. The first-order valence-electron chi connectivity index (χ1n) is 0.406. The summed E-state index contributed by atoms with van der Waals surface area (Å²) in [6.45, 7) is 5.28. The van der Waals surface area contributed by atoms with Gasteiger partial charge in [0.15, 0.2) is 0 Å². The molecule has 0 heterocycles. The standard InChI is InChI=1S/CNO.K/c1-2-3;/q-1;+1. The van der Waals surface area contributed by atoms with Gasteiger partial charge in [-0.15, -0.1) is 0 Å². The molecule has 0 bridgehead atoms. The molecular weight excluding hydrogens is 81.1 g/mol. The first kappa shape index (κ1) is 8.87. The summed E-state index contributed by atoms with van der Waals surface area (Å²) in [4.78, 5) is 0. The third-order valence-electron chi connectivity index (χ3n) is 0. The molecule has 0 rings (SSSR count). The summed E-state index contributed by atoms with van der Waals surface area (Å²) in [6.07, 6.45) is 0. The summed E-state index contributed by atoms with van der Waals surface area (Å²) >= 11 is 0. The fourth-order valence-electron chi connectivity index (χ4n) is 0. The van der Waals surface area contributed by atoms with Crippen molar-refractivity contribution in [2.75, 3.05) is 0 Å². The molecule has 0 aromatic heterocycles. The molecular formula is CKNO. The molecule has 0 N–H and O–H groups in total. The molecule has 3 heteroatoms. The molecule has 0 saturated heterocycles. The summed E-state index contributed by atoms with van der Waals surface area (Å²) in [5.41, 5.74) is 0. The van der Waals surface area contributed by atoms with Crippen LogP contribution < -0.4 is 51.4 Å². The third-order valence-corrected chi connectivity index (χ3v) is 0. The van der Waals surface area contributed by atoms with Gasteiger partial charge in [-0.1, -0.05) is 0 Å². The van der Waals surface area contributed by atoms with Gasteiger partial charge in [0.1, 0.15) is 0 Å². The van der Waals surface area contributed by atoms with E-state index in [4.69, 9.17) is 11.8 Å². The van der Waals surface area contributed by atoms with Crippen LogP contribution in [0.15, 0.2) is 0 Å². The molecule has 0 unspecified atom stereocenters. The smallest absolute Gasteiger partial charge is 0.539 e. The molecule has 0 aromatic carbocycles. The molecule has 0 aliphatic rings. The van der Waals surface area contributed by atoms with Crippen LogP contribution in [0.5, 0.6) is 0 Å². The molecule has 0 aromatic rings. The Balaban J connectivity index is 0. The zero-order chi connectivity index (χ0) is 2.71. The van der Waals surface area contributed by atoms with Crippen molar-refractivity contribution in [2.24, 2.45) is 0 Å². The van der Waals surface area contributed by atoms with Crippen LogP contribution in [-0.4, -0.2) is 0 Å². The Labute approximate surface area is 67.0 Å². The van der Waals surface area contributed by atoms with Gasteiger partial charge in [0, 0.05) is 0 Å². The minimum atomic E-state index is 0. The van der Waals surface area contributed by atoms with Crippen molar-refractivity contribution < 1.29 is 51.4 Å². The van der Waals surface area contributed by atoms with Gasteiger partial charge >= 0.3 is 51.4 Å². The number of rotatable bonds is 0. The molecule has 4 heavy (non-hydrogen) atoms. The molecule has 0 aliphatic carbocycles. The Hall–Kier alpha value is 0.926. The molecule has 0 aliphatic heterocycles. The Morgan fingerprint density at radius 2 is 1.75 bits per heavy atom. The Morgan fingerprint density at radius 1 is 1.75 bits per heavy atom. The molecule has 16 valence electrons. The predicted octanol–water partition coefficient (Wildman–Crippen LogP) is -2.59. The second-order valence-corrected chi connectivity index (χ2v) is 0.0913. The van der Waals surface area contributed by atoms with Gasteiger partial charge in [-0.3, -0.25) is 5.01 Å². The maximum atomic E-state index is 8.22. The van der Waals surface area contributed by atoms with E-state index in [1.54, 1.807) is 0 Å². The maximum Gasteiger partial charge on any atom is 1.00 e.